The van der Waals surface area contributed by atoms with E-state index >= 15 is 0 Å². The van der Waals surface area contributed by atoms with Gasteiger partial charge in [0.25, 0.3) is 0 Å². The molecule has 0 aliphatic carbocycles. The molecule has 0 saturated carbocycles. The van der Waals surface area contributed by atoms with Crippen LogP contribution in [0.2, 0.25) is 0 Å². The number of nitrogens with one attached hydrogen (secondary N) is 1. The topological polar surface area (TPSA) is 67.6 Å². The minimum absolute atomic E-state index is 0.144. The third-order valence-electron chi connectivity index (χ3n) is 5.14. The maximum absolute atomic E-state index is 13.8. The van der Waals surface area contributed by atoms with Crippen LogP contribution in [-0.2, 0) is 11.3 Å². The largest absolute Gasteiger partial charge is 0.493 e. The fraction of sp³-hybridized carbons (Fsp3) is 0.304. The Kier molecular flexibility index (Phi) is 5.81. The standard InChI is InChI=1S/C23H24FN3O3/c1-3-29-20-10-5-4-9-18(20)23-26-19(15(2)30-23)14-27-12-11-25-22(28)21(27)16-7-6-8-17(24)13-16/h4-10,13,21H,3,11-12,14H2,1-2H3,(H,25,28). The first-order valence-corrected chi connectivity index (χ1v) is 10.0. The van der Waals surface area contributed by atoms with Crippen LogP contribution in [0.15, 0.2) is 52.9 Å². The molecule has 1 unspecified atom stereocenters. The van der Waals surface area contributed by atoms with Crippen LogP contribution < -0.4 is 10.1 Å². The number of oxazole rings is 1. The molecule has 1 aliphatic rings. The lowest BCUT2D eigenvalue weighted by atomic mass is 10.0. The summed E-state index contributed by atoms with van der Waals surface area (Å²) in [6.45, 7) is 5.90. The van der Waals surface area contributed by atoms with E-state index in [0.717, 1.165) is 11.3 Å². The Morgan fingerprint density at radius 1 is 1.27 bits per heavy atom. The van der Waals surface area contributed by atoms with E-state index < -0.39 is 6.04 Å². The number of rotatable bonds is 6. The van der Waals surface area contributed by atoms with Crippen molar-refractivity contribution < 1.29 is 18.3 Å². The molecule has 0 bridgehead atoms. The summed E-state index contributed by atoms with van der Waals surface area (Å²) in [6, 6.07) is 13.2. The molecule has 1 atom stereocenters. The van der Waals surface area contributed by atoms with Crippen LogP contribution >= 0.6 is 0 Å². The first kappa shape index (κ1) is 20.1. The monoisotopic (exact) mass is 409 g/mol. The summed E-state index contributed by atoms with van der Waals surface area (Å²) in [4.78, 5) is 19.3. The lowest BCUT2D eigenvalue weighted by Gasteiger charge is -2.34. The number of nitrogens with zero attached hydrogens (tertiary/aromatic N) is 2. The Labute approximate surface area is 174 Å². The number of benzene rings is 2. The SMILES string of the molecule is CCOc1ccccc1-c1nc(CN2CCNC(=O)C2c2cccc(F)c2)c(C)o1. The van der Waals surface area contributed by atoms with Crippen LogP contribution in [0.4, 0.5) is 4.39 Å². The van der Waals surface area contributed by atoms with Crippen molar-refractivity contribution in [3.8, 4) is 17.2 Å². The number of carbonyl (C=O) groups excluding carboxylic acids is 1. The van der Waals surface area contributed by atoms with Crippen molar-refractivity contribution >= 4 is 5.91 Å². The summed E-state index contributed by atoms with van der Waals surface area (Å²) in [7, 11) is 0. The van der Waals surface area contributed by atoms with Gasteiger partial charge in [-0.05, 0) is 43.7 Å². The number of ether oxygens (including phenoxy) is 1. The van der Waals surface area contributed by atoms with E-state index in [-0.39, 0.29) is 11.7 Å². The first-order valence-electron chi connectivity index (χ1n) is 10.0. The van der Waals surface area contributed by atoms with Gasteiger partial charge in [-0.3, -0.25) is 9.69 Å². The van der Waals surface area contributed by atoms with Crippen LogP contribution in [0.1, 0.15) is 30.0 Å². The van der Waals surface area contributed by atoms with Crippen molar-refractivity contribution in [2.45, 2.75) is 26.4 Å². The molecular weight excluding hydrogens is 385 g/mol. The average Bonchev–Trinajstić information content (AvgIpc) is 3.09. The summed E-state index contributed by atoms with van der Waals surface area (Å²) in [6.07, 6.45) is 0. The van der Waals surface area contributed by atoms with E-state index in [0.29, 0.717) is 49.2 Å². The van der Waals surface area contributed by atoms with Gasteiger partial charge in [-0.25, -0.2) is 9.37 Å². The zero-order valence-corrected chi connectivity index (χ0v) is 17.0. The van der Waals surface area contributed by atoms with Crippen LogP contribution in [0.25, 0.3) is 11.5 Å². The molecule has 1 aromatic heterocycles. The molecule has 2 heterocycles. The van der Waals surface area contributed by atoms with E-state index in [1.54, 1.807) is 12.1 Å². The maximum Gasteiger partial charge on any atom is 0.242 e. The Balaban J connectivity index is 1.63. The van der Waals surface area contributed by atoms with Gasteiger partial charge in [0, 0.05) is 19.6 Å². The number of halogens is 1. The highest BCUT2D eigenvalue weighted by Crippen LogP contribution is 2.32. The number of para-hydroxylation sites is 1. The van der Waals surface area contributed by atoms with E-state index in [2.05, 4.69) is 5.32 Å². The van der Waals surface area contributed by atoms with Crippen LogP contribution in [0, 0.1) is 12.7 Å². The maximum atomic E-state index is 13.8. The van der Waals surface area contributed by atoms with Gasteiger partial charge < -0.3 is 14.5 Å². The predicted octanol–water partition coefficient (Wildman–Crippen LogP) is 3.86. The number of amides is 1. The molecule has 1 saturated heterocycles. The summed E-state index contributed by atoms with van der Waals surface area (Å²) >= 11 is 0. The predicted molar refractivity (Wildman–Crippen MR) is 110 cm³/mol. The molecule has 0 spiro atoms. The molecular formula is C23H24FN3O3. The Morgan fingerprint density at radius 2 is 2.10 bits per heavy atom. The number of hydrogen-bond acceptors (Lipinski definition) is 5. The summed E-state index contributed by atoms with van der Waals surface area (Å²) in [5, 5.41) is 2.87. The molecule has 4 rings (SSSR count). The van der Waals surface area contributed by atoms with E-state index in [9.17, 15) is 9.18 Å². The van der Waals surface area contributed by atoms with Crippen molar-refractivity contribution in [1.29, 1.82) is 0 Å². The number of carbonyl (C=O) groups is 1. The highest BCUT2D eigenvalue weighted by molar-refractivity contribution is 5.83. The molecule has 1 N–H and O–H groups in total. The summed E-state index contributed by atoms with van der Waals surface area (Å²) in [5.41, 5.74) is 2.15. The van der Waals surface area contributed by atoms with Crippen molar-refractivity contribution in [2.75, 3.05) is 19.7 Å². The smallest absolute Gasteiger partial charge is 0.242 e. The minimum atomic E-state index is -0.579. The molecule has 0 radical (unpaired) electrons. The Hall–Kier alpha value is -3.19. The normalized spacial score (nSPS) is 17.0. The lowest BCUT2D eigenvalue weighted by molar-refractivity contribution is -0.129. The molecule has 6 nitrogen and oxygen atoms in total. The molecule has 1 fully saturated rings. The number of hydrogen-bond donors (Lipinski definition) is 1. The second-order valence-corrected chi connectivity index (χ2v) is 7.17. The van der Waals surface area contributed by atoms with Gasteiger partial charge in [-0.15, -0.1) is 0 Å². The molecule has 1 amide bonds. The van der Waals surface area contributed by atoms with Crippen molar-refractivity contribution in [3.63, 3.8) is 0 Å². The molecule has 2 aromatic carbocycles. The Bertz CT molecular complexity index is 1050. The average molecular weight is 409 g/mol. The van der Waals surface area contributed by atoms with Crippen LogP contribution in [0.3, 0.4) is 0 Å². The fourth-order valence-electron chi connectivity index (χ4n) is 3.73. The molecule has 3 aromatic rings. The van der Waals surface area contributed by atoms with Crippen molar-refractivity contribution in [3.05, 3.63) is 71.4 Å². The zero-order valence-electron chi connectivity index (χ0n) is 17.0. The highest BCUT2D eigenvalue weighted by atomic mass is 19.1. The van der Waals surface area contributed by atoms with Gasteiger partial charge in [-0.2, -0.15) is 0 Å². The molecule has 7 heteroatoms. The van der Waals surface area contributed by atoms with Gasteiger partial charge in [0.05, 0.1) is 17.9 Å². The van der Waals surface area contributed by atoms with Gasteiger partial charge in [0.1, 0.15) is 23.4 Å². The Morgan fingerprint density at radius 3 is 2.90 bits per heavy atom. The fourth-order valence-corrected chi connectivity index (χ4v) is 3.73. The molecule has 30 heavy (non-hydrogen) atoms. The second-order valence-electron chi connectivity index (χ2n) is 7.17. The van der Waals surface area contributed by atoms with E-state index in [1.165, 1.54) is 12.1 Å². The quantitative estimate of drug-likeness (QED) is 0.670. The van der Waals surface area contributed by atoms with Crippen molar-refractivity contribution in [1.82, 2.24) is 15.2 Å². The van der Waals surface area contributed by atoms with Gasteiger partial charge in [0.15, 0.2) is 0 Å². The minimum Gasteiger partial charge on any atom is -0.493 e. The van der Waals surface area contributed by atoms with E-state index in [1.807, 2.05) is 43.0 Å². The zero-order chi connectivity index (χ0) is 21.1. The van der Waals surface area contributed by atoms with Crippen LogP contribution in [0.5, 0.6) is 5.75 Å². The number of aryl methyl sites for hydroxylation is 1. The first-order chi connectivity index (χ1) is 14.6. The van der Waals surface area contributed by atoms with Gasteiger partial charge >= 0.3 is 0 Å². The summed E-state index contributed by atoms with van der Waals surface area (Å²) in [5.74, 6) is 1.37. The number of aromatic nitrogens is 1. The highest BCUT2D eigenvalue weighted by Gasteiger charge is 2.32. The third kappa shape index (κ3) is 4.07. The molecule has 1 aliphatic heterocycles. The van der Waals surface area contributed by atoms with Gasteiger partial charge in [-0.1, -0.05) is 24.3 Å². The summed E-state index contributed by atoms with van der Waals surface area (Å²) < 4.78 is 25.4. The third-order valence-corrected chi connectivity index (χ3v) is 5.14. The van der Waals surface area contributed by atoms with Crippen molar-refractivity contribution in [2.24, 2.45) is 0 Å². The lowest BCUT2D eigenvalue weighted by Crippen LogP contribution is -2.49. The van der Waals surface area contributed by atoms with Gasteiger partial charge in [0.2, 0.25) is 11.8 Å². The van der Waals surface area contributed by atoms with E-state index in [4.69, 9.17) is 14.1 Å². The molecule has 156 valence electrons. The second kappa shape index (κ2) is 8.67. The number of piperazine rings is 1. The van der Waals surface area contributed by atoms with Crippen LogP contribution in [-0.4, -0.2) is 35.5 Å².